The highest BCUT2D eigenvalue weighted by atomic mass is 16.5. The molecule has 2 N–H and O–H groups in total. The topological polar surface area (TPSA) is 105 Å². The van der Waals surface area contributed by atoms with Gasteiger partial charge in [0.25, 0.3) is 5.91 Å². The predicted octanol–water partition coefficient (Wildman–Crippen LogP) is 2.53. The Kier molecular flexibility index (Phi) is 6.56. The van der Waals surface area contributed by atoms with Gasteiger partial charge in [0.2, 0.25) is 11.8 Å². The Morgan fingerprint density at radius 2 is 1.85 bits per heavy atom. The minimum absolute atomic E-state index is 0.0403. The second-order valence-corrected chi connectivity index (χ2v) is 9.90. The van der Waals surface area contributed by atoms with Crippen LogP contribution in [-0.2, 0) is 19.1 Å². The van der Waals surface area contributed by atoms with Crippen molar-refractivity contribution in [3.05, 3.63) is 29.8 Å². The van der Waals surface area contributed by atoms with Crippen LogP contribution in [-0.4, -0.2) is 59.7 Å². The number of nitrogens with one attached hydrogen (secondary N) is 2. The summed E-state index contributed by atoms with van der Waals surface area (Å²) in [4.78, 5) is 52.7. The molecule has 3 amide bonds. The minimum Gasteiger partial charge on any atom is -0.367 e. The van der Waals surface area contributed by atoms with Crippen molar-refractivity contribution in [1.82, 2.24) is 10.2 Å². The number of amides is 3. The fraction of sp³-hybridized carbons (Fsp3) is 0.600. The first-order valence-electron chi connectivity index (χ1n) is 11.9. The molecule has 2 aliphatic heterocycles. The molecule has 8 heteroatoms. The summed E-state index contributed by atoms with van der Waals surface area (Å²) in [5.74, 6) is -0.630. The average Bonchev–Trinajstić information content (AvgIpc) is 3.50. The molecule has 4 atom stereocenters. The Morgan fingerprint density at radius 3 is 2.48 bits per heavy atom. The van der Waals surface area contributed by atoms with Crippen LogP contribution in [0, 0.1) is 11.3 Å². The van der Waals surface area contributed by atoms with E-state index < -0.39 is 12.1 Å². The Bertz CT molecular complexity index is 938. The van der Waals surface area contributed by atoms with E-state index in [1.165, 1.54) is 0 Å². The number of carbonyl (C=O) groups is 4. The van der Waals surface area contributed by atoms with Crippen LogP contribution >= 0.6 is 0 Å². The summed E-state index contributed by atoms with van der Waals surface area (Å²) in [5, 5.41) is 5.76. The standard InChI is InChI=1S/C25H33N3O5/c1-4-19(30)26-17-9-7-16(8-10-17)23(31)27-22(25(3)11-5-6-12-25)24(32)28-13-15(2)21-20(28)18(29)14-33-21/h7-10,15,20-22H,4-6,11-14H2,1-3H3,(H,26,30)(H,27,31)/t15-,20-,21-,22-/m1/s1. The molecule has 178 valence electrons. The number of anilines is 1. The maximum atomic E-state index is 13.8. The molecule has 2 heterocycles. The van der Waals surface area contributed by atoms with E-state index in [2.05, 4.69) is 17.6 Å². The molecule has 1 aliphatic carbocycles. The summed E-state index contributed by atoms with van der Waals surface area (Å²) < 4.78 is 5.65. The fourth-order valence-corrected chi connectivity index (χ4v) is 5.46. The number of likely N-dealkylation sites (tertiary alicyclic amines) is 1. The molecule has 0 unspecified atom stereocenters. The molecule has 3 fully saturated rings. The van der Waals surface area contributed by atoms with Gasteiger partial charge >= 0.3 is 0 Å². The van der Waals surface area contributed by atoms with E-state index >= 15 is 0 Å². The number of hydrogen-bond donors (Lipinski definition) is 2. The van der Waals surface area contributed by atoms with E-state index in [1.807, 2.05) is 6.92 Å². The molecule has 0 spiro atoms. The van der Waals surface area contributed by atoms with Crippen molar-refractivity contribution >= 4 is 29.2 Å². The van der Waals surface area contributed by atoms with Gasteiger partial charge in [-0.1, -0.05) is 33.6 Å². The molecule has 0 bridgehead atoms. The van der Waals surface area contributed by atoms with E-state index in [9.17, 15) is 19.2 Å². The molecule has 1 saturated carbocycles. The van der Waals surface area contributed by atoms with E-state index in [4.69, 9.17) is 4.74 Å². The second-order valence-electron chi connectivity index (χ2n) is 9.90. The lowest BCUT2D eigenvalue weighted by Crippen LogP contribution is -2.57. The van der Waals surface area contributed by atoms with Crippen molar-refractivity contribution in [1.29, 1.82) is 0 Å². The summed E-state index contributed by atoms with van der Waals surface area (Å²) in [7, 11) is 0. The van der Waals surface area contributed by atoms with Crippen molar-refractivity contribution in [3.63, 3.8) is 0 Å². The molecular weight excluding hydrogens is 422 g/mol. The number of fused-ring (bicyclic) bond motifs is 1. The molecule has 8 nitrogen and oxygen atoms in total. The van der Waals surface area contributed by atoms with Crippen LogP contribution in [0.25, 0.3) is 0 Å². The van der Waals surface area contributed by atoms with Crippen LogP contribution in [0.3, 0.4) is 0 Å². The lowest BCUT2D eigenvalue weighted by atomic mass is 9.79. The van der Waals surface area contributed by atoms with Crippen molar-refractivity contribution in [2.75, 3.05) is 18.5 Å². The van der Waals surface area contributed by atoms with Gasteiger partial charge in [0.05, 0.1) is 6.10 Å². The number of Topliss-reactive ketones (excluding diaryl/α,β-unsaturated/α-hetero) is 1. The number of ether oxygens (including phenoxy) is 1. The summed E-state index contributed by atoms with van der Waals surface area (Å²) in [6, 6.07) is 5.36. The SMILES string of the molecule is CCC(=O)Nc1ccc(C(=O)N[C@H](C(=O)N2C[C@@H](C)[C@H]3OCC(=O)[C@H]32)C2(C)CCCC2)cc1. The zero-order chi connectivity index (χ0) is 23.8. The Balaban J connectivity index is 1.54. The van der Waals surface area contributed by atoms with Crippen molar-refractivity contribution in [2.45, 2.75) is 71.1 Å². The number of benzene rings is 1. The molecule has 3 aliphatic rings. The maximum absolute atomic E-state index is 13.8. The fourth-order valence-electron chi connectivity index (χ4n) is 5.46. The number of carbonyl (C=O) groups excluding carboxylic acids is 4. The zero-order valence-electron chi connectivity index (χ0n) is 19.6. The predicted molar refractivity (Wildman–Crippen MR) is 123 cm³/mol. The number of ketones is 1. The minimum atomic E-state index is -0.716. The third-order valence-electron chi connectivity index (χ3n) is 7.44. The normalized spacial score (nSPS) is 26.7. The van der Waals surface area contributed by atoms with Gasteiger partial charge in [-0.25, -0.2) is 0 Å². The smallest absolute Gasteiger partial charge is 0.251 e. The molecule has 2 saturated heterocycles. The van der Waals surface area contributed by atoms with Crippen molar-refractivity contribution < 1.29 is 23.9 Å². The largest absolute Gasteiger partial charge is 0.367 e. The molecule has 1 aromatic rings. The maximum Gasteiger partial charge on any atom is 0.251 e. The number of hydrogen-bond acceptors (Lipinski definition) is 5. The highest BCUT2D eigenvalue weighted by molar-refractivity contribution is 6.00. The quantitative estimate of drug-likeness (QED) is 0.686. The van der Waals surface area contributed by atoms with Crippen molar-refractivity contribution in [3.8, 4) is 0 Å². The van der Waals surface area contributed by atoms with E-state index in [1.54, 1.807) is 36.1 Å². The molecular formula is C25H33N3O5. The zero-order valence-corrected chi connectivity index (χ0v) is 19.6. The van der Waals surface area contributed by atoms with Gasteiger partial charge in [-0.05, 0) is 42.5 Å². The van der Waals surface area contributed by atoms with Crippen LogP contribution in [0.15, 0.2) is 24.3 Å². The number of rotatable bonds is 6. The first-order chi connectivity index (χ1) is 15.7. The molecule has 4 rings (SSSR count). The van der Waals surface area contributed by atoms with Gasteiger partial charge in [-0.3, -0.25) is 19.2 Å². The monoisotopic (exact) mass is 455 g/mol. The molecule has 0 aromatic heterocycles. The molecule has 0 radical (unpaired) electrons. The van der Waals surface area contributed by atoms with E-state index in [-0.39, 0.29) is 47.5 Å². The van der Waals surface area contributed by atoms with Gasteiger partial charge < -0.3 is 20.3 Å². The van der Waals surface area contributed by atoms with Gasteiger partial charge in [0.1, 0.15) is 18.7 Å². The van der Waals surface area contributed by atoms with Crippen LogP contribution in [0.1, 0.15) is 63.2 Å². The summed E-state index contributed by atoms with van der Waals surface area (Å²) in [6.07, 6.45) is 3.80. The van der Waals surface area contributed by atoms with Gasteiger partial charge in [0, 0.05) is 30.1 Å². The summed E-state index contributed by atoms with van der Waals surface area (Å²) in [6.45, 7) is 6.31. The summed E-state index contributed by atoms with van der Waals surface area (Å²) in [5.41, 5.74) is 0.661. The van der Waals surface area contributed by atoms with Crippen LogP contribution < -0.4 is 10.6 Å². The lowest BCUT2D eigenvalue weighted by Gasteiger charge is -2.37. The Hall–Kier alpha value is -2.74. The Labute approximate surface area is 194 Å². The number of nitrogens with zero attached hydrogens (tertiary/aromatic N) is 1. The molecule has 33 heavy (non-hydrogen) atoms. The Morgan fingerprint density at radius 1 is 1.18 bits per heavy atom. The first-order valence-corrected chi connectivity index (χ1v) is 11.9. The first kappa shape index (κ1) is 23.4. The third-order valence-corrected chi connectivity index (χ3v) is 7.44. The second kappa shape index (κ2) is 9.25. The van der Waals surface area contributed by atoms with Crippen LogP contribution in [0.5, 0.6) is 0 Å². The highest BCUT2D eigenvalue weighted by Gasteiger charge is 2.54. The van der Waals surface area contributed by atoms with Gasteiger partial charge in [0.15, 0.2) is 5.78 Å². The van der Waals surface area contributed by atoms with E-state index in [0.29, 0.717) is 24.2 Å². The highest BCUT2D eigenvalue weighted by Crippen LogP contribution is 2.42. The van der Waals surface area contributed by atoms with Crippen LogP contribution in [0.2, 0.25) is 0 Å². The molecule has 1 aromatic carbocycles. The van der Waals surface area contributed by atoms with E-state index in [0.717, 1.165) is 25.7 Å². The summed E-state index contributed by atoms with van der Waals surface area (Å²) >= 11 is 0. The average molecular weight is 456 g/mol. The van der Waals surface area contributed by atoms with Crippen LogP contribution in [0.4, 0.5) is 5.69 Å². The van der Waals surface area contributed by atoms with Crippen molar-refractivity contribution in [2.24, 2.45) is 11.3 Å². The third kappa shape index (κ3) is 4.53. The van der Waals surface area contributed by atoms with Gasteiger partial charge in [-0.2, -0.15) is 0 Å². The lowest BCUT2D eigenvalue weighted by molar-refractivity contribution is -0.140. The van der Waals surface area contributed by atoms with Gasteiger partial charge in [-0.15, -0.1) is 0 Å².